The number of benzene rings is 3. The van der Waals surface area contributed by atoms with Crippen LogP contribution in [0, 0.1) is 0 Å². The van der Waals surface area contributed by atoms with Crippen molar-refractivity contribution in [3.8, 4) is 11.5 Å². The highest BCUT2D eigenvalue weighted by atomic mass is 35.5. The molecule has 1 fully saturated rings. The lowest BCUT2D eigenvalue weighted by molar-refractivity contribution is -0.138. The Labute approximate surface area is 242 Å². The number of urea groups is 1. The van der Waals surface area contributed by atoms with Crippen molar-refractivity contribution in [2.24, 2.45) is 0 Å². The molecule has 1 unspecified atom stereocenters. The van der Waals surface area contributed by atoms with Crippen molar-refractivity contribution in [3.63, 3.8) is 0 Å². The number of methoxy groups -OCH3 is 2. The van der Waals surface area contributed by atoms with Crippen LogP contribution in [0.25, 0.3) is 0 Å². The standard InChI is InChI=1S/C29H29Cl2N3O6/c1-38-25-17-19(9-14-24(25)33-28(37)32-23-8-4-3-7-22(23)30)18-26(35)29(31,34-15-5-6-16-34)40-21-12-10-20(11-13-21)27(36)39-2/h3-4,7-14,17H,5-6,15-16,18H2,1-2H3,(H2,32,33,37). The minimum atomic E-state index is -1.75. The second-order valence-corrected chi connectivity index (χ2v) is 9.99. The topological polar surface area (TPSA) is 106 Å². The molecule has 0 spiro atoms. The summed E-state index contributed by atoms with van der Waals surface area (Å²) in [5.41, 5.74) is 1.83. The summed E-state index contributed by atoms with van der Waals surface area (Å²) in [5, 5.41) is 4.08. The summed E-state index contributed by atoms with van der Waals surface area (Å²) in [6.07, 6.45) is 1.72. The fourth-order valence-electron chi connectivity index (χ4n) is 4.32. The number of amides is 2. The summed E-state index contributed by atoms with van der Waals surface area (Å²) in [6, 6.07) is 17.6. The van der Waals surface area contributed by atoms with Crippen LogP contribution in [-0.2, 0) is 16.0 Å². The Balaban J connectivity index is 1.49. The average molecular weight is 586 g/mol. The van der Waals surface area contributed by atoms with Gasteiger partial charge in [0, 0.05) is 19.5 Å². The molecule has 4 rings (SSSR count). The van der Waals surface area contributed by atoms with Crippen molar-refractivity contribution in [1.82, 2.24) is 4.90 Å². The Morgan fingerprint density at radius 1 is 0.925 bits per heavy atom. The maximum Gasteiger partial charge on any atom is 0.337 e. The third-order valence-corrected chi connectivity index (χ3v) is 7.24. The lowest BCUT2D eigenvalue weighted by atomic mass is 10.1. The van der Waals surface area contributed by atoms with Gasteiger partial charge in [-0.15, -0.1) is 0 Å². The fraction of sp³-hybridized carbons (Fsp3) is 0.276. The Kier molecular flexibility index (Phi) is 9.52. The number of para-hydroxylation sites is 1. The molecule has 9 nitrogen and oxygen atoms in total. The van der Waals surface area contributed by atoms with Gasteiger partial charge in [0.25, 0.3) is 0 Å². The van der Waals surface area contributed by atoms with Crippen LogP contribution in [0.4, 0.5) is 16.2 Å². The molecule has 3 aromatic rings. The molecule has 0 aliphatic carbocycles. The Bertz CT molecular complexity index is 1380. The molecule has 2 N–H and O–H groups in total. The molecule has 40 heavy (non-hydrogen) atoms. The van der Waals surface area contributed by atoms with Gasteiger partial charge in [-0.2, -0.15) is 0 Å². The molecule has 0 aromatic heterocycles. The van der Waals surface area contributed by atoms with Crippen LogP contribution in [0.2, 0.25) is 5.02 Å². The van der Waals surface area contributed by atoms with Gasteiger partial charge in [-0.05, 0) is 78.5 Å². The van der Waals surface area contributed by atoms with Crippen LogP contribution in [0.1, 0.15) is 28.8 Å². The predicted octanol–water partition coefficient (Wildman–Crippen LogP) is 5.96. The first kappa shape index (κ1) is 29.2. The van der Waals surface area contributed by atoms with Gasteiger partial charge in [-0.3, -0.25) is 4.79 Å². The largest absolute Gasteiger partial charge is 0.495 e. The van der Waals surface area contributed by atoms with E-state index in [2.05, 4.69) is 10.6 Å². The number of anilines is 2. The lowest BCUT2D eigenvalue weighted by Crippen LogP contribution is -2.54. The number of carbonyl (C=O) groups excluding carboxylic acids is 3. The first-order valence-electron chi connectivity index (χ1n) is 12.6. The number of Topliss-reactive ketones (excluding diaryl/α,β-unsaturated/α-hetero) is 1. The number of ketones is 1. The number of likely N-dealkylation sites (tertiary alicyclic amines) is 1. The molecule has 11 heteroatoms. The number of nitrogens with one attached hydrogen (secondary N) is 2. The smallest absolute Gasteiger partial charge is 0.337 e. The molecule has 210 valence electrons. The molecule has 3 aromatic carbocycles. The average Bonchev–Trinajstić information content (AvgIpc) is 3.51. The van der Waals surface area contributed by atoms with Crippen molar-refractivity contribution in [2.75, 3.05) is 37.9 Å². The highest BCUT2D eigenvalue weighted by Crippen LogP contribution is 2.33. The zero-order valence-electron chi connectivity index (χ0n) is 22.0. The SMILES string of the molecule is COC(=O)c1ccc(OC(Cl)(C(=O)Cc2ccc(NC(=O)Nc3ccccc3Cl)c(OC)c2)N2CCCC2)cc1. The second kappa shape index (κ2) is 13.0. The van der Waals surface area contributed by atoms with E-state index in [1.807, 2.05) is 0 Å². The van der Waals surface area contributed by atoms with Crippen LogP contribution in [-0.4, -0.2) is 55.2 Å². The highest BCUT2D eigenvalue weighted by molar-refractivity contribution is 6.34. The van der Waals surface area contributed by atoms with Crippen LogP contribution >= 0.6 is 23.2 Å². The molecular formula is C29H29Cl2N3O6. The number of carbonyl (C=O) groups is 3. The van der Waals surface area contributed by atoms with Crippen LogP contribution < -0.4 is 20.1 Å². The number of nitrogens with zero attached hydrogens (tertiary/aromatic N) is 1. The molecule has 0 bridgehead atoms. The van der Waals surface area contributed by atoms with E-state index in [0.717, 1.165) is 12.8 Å². The van der Waals surface area contributed by atoms with E-state index >= 15 is 0 Å². The summed E-state index contributed by atoms with van der Waals surface area (Å²) in [4.78, 5) is 39.7. The zero-order chi connectivity index (χ0) is 28.7. The summed E-state index contributed by atoms with van der Waals surface area (Å²) >= 11 is 13.0. The van der Waals surface area contributed by atoms with Gasteiger partial charge in [0.05, 0.1) is 36.2 Å². The van der Waals surface area contributed by atoms with Crippen LogP contribution in [0.5, 0.6) is 11.5 Å². The molecule has 0 saturated carbocycles. The summed E-state index contributed by atoms with van der Waals surface area (Å²) in [7, 11) is 2.77. The van der Waals surface area contributed by atoms with E-state index in [0.29, 0.717) is 52.1 Å². The van der Waals surface area contributed by atoms with Gasteiger partial charge in [0.1, 0.15) is 11.5 Å². The van der Waals surface area contributed by atoms with E-state index < -0.39 is 17.2 Å². The number of hydrogen-bond acceptors (Lipinski definition) is 7. The van der Waals surface area contributed by atoms with Crippen molar-refractivity contribution in [2.45, 2.75) is 24.4 Å². The molecular weight excluding hydrogens is 557 g/mol. The normalized spacial score (nSPS) is 14.6. The molecule has 0 radical (unpaired) electrons. The van der Waals surface area contributed by atoms with Gasteiger partial charge in [0.15, 0.2) is 0 Å². The number of esters is 1. The van der Waals surface area contributed by atoms with Gasteiger partial charge >= 0.3 is 17.2 Å². The Morgan fingerprint density at radius 2 is 1.60 bits per heavy atom. The number of ether oxygens (including phenoxy) is 3. The quantitative estimate of drug-likeness (QED) is 0.172. The minimum Gasteiger partial charge on any atom is -0.495 e. The lowest BCUT2D eigenvalue weighted by Gasteiger charge is -2.35. The third-order valence-electron chi connectivity index (χ3n) is 6.39. The number of hydrogen-bond donors (Lipinski definition) is 2. The molecule has 1 saturated heterocycles. The van der Waals surface area contributed by atoms with Crippen molar-refractivity contribution in [1.29, 1.82) is 0 Å². The monoisotopic (exact) mass is 585 g/mol. The van der Waals surface area contributed by atoms with E-state index in [1.54, 1.807) is 71.6 Å². The molecule has 1 heterocycles. The fourth-order valence-corrected chi connectivity index (χ4v) is 4.83. The van der Waals surface area contributed by atoms with Gasteiger partial charge in [-0.25, -0.2) is 14.5 Å². The van der Waals surface area contributed by atoms with E-state index in [9.17, 15) is 14.4 Å². The first-order chi connectivity index (χ1) is 19.2. The van der Waals surface area contributed by atoms with Crippen molar-refractivity contribution >= 4 is 52.4 Å². The zero-order valence-corrected chi connectivity index (χ0v) is 23.6. The summed E-state index contributed by atoms with van der Waals surface area (Å²) in [6.45, 7) is 1.20. The van der Waals surface area contributed by atoms with Crippen LogP contribution in [0.15, 0.2) is 66.7 Å². The molecule has 1 aliphatic rings. The van der Waals surface area contributed by atoms with E-state index in [1.165, 1.54) is 14.2 Å². The molecule has 1 atom stereocenters. The van der Waals surface area contributed by atoms with Crippen LogP contribution in [0.3, 0.4) is 0 Å². The molecule has 2 amide bonds. The summed E-state index contributed by atoms with van der Waals surface area (Å²) < 4.78 is 16.3. The van der Waals surface area contributed by atoms with E-state index in [4.69, 9.17) is 37.4 Å². The highest BCUT2D eigenvalue weighted by Gasteiger charge is 2.45. The number of rotatable bonds is 10. The first-order valence-corrected chi connectivity index (χ1v) is 13.3. The number of alkyl halides is 1. The maximum absolute atomic E-state index is 13.6. The Hall–Kier alpha value is -3.79. The third kappa shape index (κ3) is 6.85. The van der Waals surface area contributed by atoms with Crippen molar-refractivity contribution < 1.29 is 28.6 Å². The Morgan fingerprint density at radius 3 is 2.25 bits per heavy atom. The van der Waals surface area contributed by atoms with Gasteiger partial charge in [-0.1, -0.05) is 29.8 Å². The second-order valence-electron chi connectivity index (χ2n) is 9.07. The molecule has 1 aliphatic heterocycles. The van der Waals surface area contributed by atoms with Gasteiger partial charge < -0.3 is 24.8 Å². The van der Waals surface area contributed by atoms with E-state index in [-0.39, 0.29) is 12.2 Å². The summed E-state index contributed by atoms with van der Waals surface area (Å²) in [5.74, 6) is -0.148. The minimum absolute atomic E-state index is 0.0529. The van der Waals surface area contributed by atoms with Crippen molar-refractivity contribution in [3.05, 3.63) is 82.9 Å². The predicted molar refractivity (Wildman–Crippen MR) is 154 cm³/mol. The van der Waals surface area contributed by atoms with Gasteiger partial charge in [0.2, 0.25) is 5.78 Å². The number of halogens is 2. The maximum atomic E-state index is 13.6.